The standard InChI is InChI=1S/C7H8.BH3/c1-7-5-3-2-4-6-7;/h2-5H,1,6H2;1H3. The minimum atomic E-state index is 0. The summed E-state index contributed by atoms with van der Waals surface area (Å²) in [5.41, 5.74) is 1.20. The molecule has 0 aliphatic heterocycles. The van der Waals surface area contributed by atoms with Gasteiger partial charge in [0.05, 0.1) is 8.41 Å². The van der Waals surface area contributed by atoms with Gasteiger partial charge in [-0.05, 0) is 6.42 Å². The first-order valence-electron chi connectivity index (χ1n) is 2.40. The Bertz CT molecular complexity index is 131. The number of hydrogen-bond donors (Lipinski definition) is 0. The first kappa shape index (κ1) is 7.28. The van der Waals surface area contributed by atoms with Gasteiger partial charge in [-0.25, -0.2) is 0 Å². The molecule has 0 saturated heterocycles. The van der Waals surface area contributed by atoms with Gasteiger partial charge in [0.1, 0.15) is 0 Å². The summed E-state index contributed by atoms with van der Waals surface area (Å²) in [5, 5.41) is 0. The van der Waals surface area contributed by atoms with Crippen molar-refractivity contribution in [1.29, 1.82) is 0 Å². The maximum absolute atomic E-state index is 3.78. The van der Waals surface area contributed by atoms with Gasteiger partial charge in [-0.1, -0.05) is 36.5 Å². The SMILES string of the molecule is B.C=C1C=CC=CC1. The lowest BCUT2D eigenvalue weighted by molar-refractivity contribution is 1.28. The average Bonchev–Trinajstić information content (AvgIpc) is 1.69. The Balaban J connectivity index is 0.000000490. The molecule has 1 heteroatoms. The molecule has 0 aromatic carbocycles. The van der Waals surface area contributed by atoms with Gasteiger partial charge in [0.15, 0.2) is 0 Å². The van der Waals surface area contributed by atoms with Gasteiger partial charge < -0.3 is 0 Å². The molecule has 0 aromatic heterocycles. The third-order valence-electron chi connectivity index (χ3n) is 0.959. The minimum Gasteiger partial charge on any atom is -0.0955 e. The summed E-state index contributed by atoms with van der Waals surface area (Å²) in [6.45, 7) is 3.78. The largest absolute Gasteiger partial charge is 0.0955 e. The molecule has 8 heavy (non-hydrogen) atoms. The highest BCUT2D eigenvalue weighted by molar-refractivity contribution is 5.75. The van der Waals surface area contributed by atoms with Crippen molar-refractivity contribution in [2.75, 3.05) is 0 Å². The molecule has 0 bridgehead atoms. The monoisotopic (exact) mass is 106 g/mol. The summed E-state index contributed by atoms with van der Waals surface area (Å²) in [4.78, 5) is 0. The second kappa shape index (κ2) is 3.31. The highest BCUT2D eigenvalue weighted by atomic mass is 13.9. The van der Waals surface area contributed by atoms with E-state index in [1.807, 2.05) is 18.2 Å². The molecule has 0 fully saturated rings. The molecule has 0 amide bonds. The molecule has 1 aliphatic rings. The molecule has 0 saturated carbocycles. The van der Waals surface area contributed by atoms with E-state index < -0.39 is 0 Å². The van der Waals surface area contributed by atoms with Crippen molar-refractivity contribution in [2.24, 2.45) is 0 Å². The summed E-state index contributed by atoms with van der Waals surface area (Å²) in [6, 6.07) is 0. The van der Waals surface area contributed by atoms with E-state index in [0.29, 0.717) is 0 Å². The van der Waals surface area contributed by atoms with Crippen LogP contribution in [0.3, 0.4) is 0 Å². The van der Waals surface area contributed by atoms with Crippen LogP contribution in [0, 0.1) is 0 Å². The third-order valence-corrected chi connectivity index (χ3v) is 0.959. The zero-order valence-corrected chi connectivity index (χ0v) is 4.22. The van der Waals surface area contributed by atoms with E-state index in [9.17, 15) is 0 Å². The molecule has 0 spiro atoms. The predicted molar refractivity (Wildman–Crippen MR) is 42.0 cm³/mol. The second-order valence-electron chi connectivity index (χ2n) is 1.65. The number of rotatable bonds is 0. The van der Waals surface area contributed by atoms with Crippen LogP contribution >= 0.6 is 0 Å². The van der Waals surface area contributed by atoms with Crippen molar-refractivity contribution in [3.63, 3.8) is 0 Å². The molecule has 0 heterocycles. The van der Waals surface area contributed by atoms with Crippen LogP contribution in [-0.2, 0) is 0 Å². The van der Waals surface area contributed by atoms with Crippen molar-refractivity contribution >= 4 is 8.41 Å². The molecule has 0 N–H and O–H groups in total. The van der Waals surface area contributed by atoms with Crippen LogP contribution in [0.15, 0.2) is 36.5 Å². The zero-order valence-electron chi connectivity index (χ0n) is 4.22. The van der Waals surface area contributed by atoms with Crippen molar-refractivity contribution < 1.29 is 0 Å². The topological polar surface area (TPSA) is 0 Å². The highest BCUT2D eigenvalue weighted by Gasteiger charge is 1.84. The van der Waals surface area contributed by atoms with E-state index >= 15 is 0 Å². The highest BCUT2D eigenvalue weighted by Crippen LogP contribution is 2.05. The van der Waals surface area contributed by atoms with Crippen molar-refractivity contribution in [3.8, 4) is 0 Å². The third kappa shape index (κ3) is 1.83. The van der Waals surface area contributed by atoms with E-state index in [-0.39, 0.29) is 8.41 Å². The quantitative estimate of drug-likeness (QED) is 0.402. The van der Waals surface area contributed by atoms with E-state index in [0.717, 1.165) is 6.42 Å². The Morgan fingerprint density at radius 1 is 1.38 bits per heavy atom. The van der Waals surface area contributed by atoms with Gasteiger partial charge in [-0.3, -0.25) is 0 Å². The van der Waals surface area contributed by atoms with Gasteiger partial charge in [-0.15, -0.1) is 0 Å². The van der Waals surface area contributed by atoms with Gasteiger partial charge in [-0.2, -0.15) is 0 Å². The van der Waals surface area contributed by atoms with Crippen LogP contribution in [0.1, 0.15) is 6.42 Å². The van der Waals surface area contributed by atoms with Gasteiger partial charge in [0, 0.05) is 0 Å². The summed E-state index contributed by atoms with van der Waals surface area (Å²) in [6.07, 6.45) is 9.19. The fraction of sp³-hybridized carbons (Fsp3) is 0.143. The molecule has 42 valence electrons. The van der Waals surface area contributed by atoms with Crippen molar-refractivity contribution in [3.05, 3.63) is 36.5 Å². The zero-order chi connectivity index (χ0) is 5.11. The Morgan fingerprint density at radius 3 is 2.38 bits per heavy atom. The van der Waals surface area contributed by atoms with Crippen LogP contribution < -0.4 is 0 Å². The van der Waals surface area contributed by atoms with Crippen LogP contribution in [-0.4, -0.2) is 8.41 Å². The van der Waals surface area contributed by atoms with Crippen LogP contribution in [0.5, 0.6) is 0 Å². The fourth-order valence-electron chi connectivity index (χ4n) is 0.558. The lowest BCUT2D eigenvalue weighted by atomic mass is 10.1. The Hall–Kier alpha value is -0.715. The molecule has 1 aliphatic carbocycles. The normalized spacial score (nSPS) is 15.8. The maximum atomic E-state index is 3.78. The van der Waals surface area contributed by atoms with Crippen LogP contribution in [0.25, 0.3) is 0 Å². The van der Waals surface area contributed by atoms with Gasteiger partial charge in [0.2, 0.25) is 0 Å². The molecule has 0 aromatic rings. The molecule has 0 nitrogen and oxygen atoms in total. The second-order valence-corrected chi connectivity index (χ2v) is 1.65. The maximum Gasteiger partial charge on any atom is 0.0814 e. The van der Waals surface area contributed by atoms with Crippen LogP contribution in [0.4, 0.5) is 0 Å². The molecular formula is C7H11B. The average molecular weight is 106 g/mol. The predicted octanol–water partition coefficient (Wildman–Crippen LogP) is 0.875. The van der Waals surface area contributed by atoms with Crippen molar-refractivity contribution in [1.82, 2.24) is 0 Å². The fourth-order valence-corrected chi connectivity index (χ4v) is 0.558. The lowest BCUT2D eigenvalue weighted by Crippen LogP contribution is -1.74. The Labute approximate surface area is 52.2 Å². The van der Waals surface area contributed by atoms with E-state index in [1.54, 1.807) is 0 Å². The number of allylic oxidation sites excluding steroid dienone is 5. The molecule has 0 unspecified atom stereocenters. The Kier molecular flexibility index (Phi) is 3.01. The summed E-state index contributed by atoms with van der Waals surface area (Å²) in [7, 11) is 0. The summed E-state index contributed by atoms with van der Waals surface area (Å²) >= 11 is 0. The summed E-state index contributed by atoms with van der Waals surface area (Å²) in [5.74, 6) is 0. The first-order chi connectivity index (χ1) is 3.39. The Morgan fingerprint density at radius 2 is 2.12 bits per heavy atom. The van der Waals surface area contributed by atoms with Gasteiger partial charge >= 0.3 is 0 Å². The molecule has 0 radical (unpaired) electrons. The van der Waals surface area contributed by atoms with E-state index in [1.165, 1.54) is 5.57 Å². The first-order valence-corrected chi connectivity index (χ1v) is 2.40. The molecule has 0 atom stereocenters. The lowest BCUT2D eigenvalue weighted by Gasteiger charge is -1.94. The molecular weight excluding hydrogens is 94.9 g/mol. The van der Waals surface area contributed by atoms with Crippen LogP contribution in [0.2, 0.25) is 0 Å². The summed E-state index contributed by atoms with van der Waals surface area (Å²) < 4.78 is 0. The van der Waals surface area contributed by atoms with E-state index in [4.69, 9.17) is 0 Å². The molecule has 1 rings (SSSR count). The smallest absolute Gasteiger partial charge is 0.0814 e. The number of hydrogen-bond acceptors (Lipinski definition) is 0. The van der Waals surface area contributed by atoms with Gasteiger partial charge in [0.25, 0.3) is 0 Å². The van der Waals surface area contributed by atoms with Crippen molar-refractivity contribution in [2.45, 2.75) is 6.42 Å². The van der Waals surface area contributed by atoms with E-state index in [2.05, 4.69) is 12.7 Å². The minimum absolute atomic E-state index is 0.